The Labute approximate surface area is 107 Å². The van der Waals surface area contributed by atoms with Gasteiger partial charge in [-0.2, -0.15) is 0 Å². The highest BCUT2D eigenvalue weighted by molar-refractivity contribution is 5.91. The van der Waals surface area contributed by atoms with Crippen molar-refractivity contribution in [2.24, 2.45) is 11.7 Å². The summed E-state index contributed by atoms with van der Waals surface area (Å²) in [5, 5.41) is 2.98. The lowest BCUT2D eigenvalue weighted by Gasteiger charge is -2.22. The second-order valence-corrected chi connectivity index (χ2v) is 4.74. The Balaban J connectivity index is 1.85. The molecule has 0 aliphatic heterocycles. The number of carbonyl (C=O) groups excluding carboxylic acids is 1. The van der Waals surface area contributed by atoms with Crippen LogP contribution in [0.4, 0.5) is 0 Å². The van der Waals surface area contributed by atoms with Gasteiger partial charge in [0.15, 0.2) is 0 Å². The molecular formula is C14H20N2O2. The van der Waals surface area contributed by atoms with Gasteiger partial charge in [-0.15, -0.1) is 0 Å². The molecule has 1 atom stereocenters. The van der Waals surface area contributed by atoms with E-state index in [1.165, 1.54) is 31.8 Å². The van der Waals surface area contributed by atoms with E-state index in [1.807, 2.05) is 0 Å². The second-order valence-electron chi connectivity index (χ2n) is 4.74. The lowest BCUT2D eigenvalue weighted by molar-refractivity contribution is -0.117. The van der Waals surface area contributed by atoms with Crippen molar-refractivity contribution in [3.05, 3.63) is 30.2 Å². The van der Waals surface area contributed by atoms with Gasteiger partial charge in [-0.25, -0.2) is 0 Å². The zero-order chi connectivity index (χ0) is 12.8. The van der Waals surface area contributed by atoms with Gasteiger partial charge in [0.05, 0.1) is 6.26 Å². The van der Waals surface area contributed by atoms with Crippen LogP contribution in [-0.4, -0.2) is 18.5 Å². The van der Waals surface area contributed by atoms with Crippen LogP contribution < -0.4 is 11.1 Å². The molecule has 3 N–H and O–H groups in total. The largest absolute Gasteiger partial charge is 0.465 e. The molecule has 1 unspecified atom stereocenters. The van der Waals surface area contributed by atoms with Crippen molar-refractivity contribution < 1.29 is 9.21 Å². The molecule has 0 spiro atoms. The molecule has 0 saturated heterocycles. The zero-order valence-corrected chi connectivity index (χ0v) is 10.5. The monoisotopic (exact) mass is 248 g/mol. The summed E-state index contributed by atoms with van der Waals surface area (Å²) in [4.78, 5) is 11.8. The summed E-state index contributed by atoms with van der Waals surface area (Å²) in [6, 6.07) is 3.70. The van der Waals surface area contributed by atoms with E-state index in [9.17, 15) is 4.79 Å². The molecule has 1 aliphatic carbocycles. The van der Waals surface area contributed by atoms with Crippen molar-refractivity contribution >= 4 is 12.0 Å². The summed E-state index contributed by atoms with van der Waals surface area (Å²) in [6.07, 6.45) is 9.58. The predicted molar refractivity (Wildman–Crippen MR) is 70.7 cm³/mol. The van der Waals surface area contributed by atoms with E-state index < -0.39 is 0 Å². The Morgan fingerprint density at radius 1 is 1.56 bits per heavy atom. The van der Waals surface area contributed by atoms with Gasteiger partial charge in [-0.3, -0.25) is 4.79 Å². The Hall–Kier alpha value is -1.55. The number of rotatable bonds is 5. The van der Waals surface area contributed by atoms with Gasteiger partial charge >= 0.3 is 0 Å². The number of nitrogens with one attached hydrogen (secondary N) is 1. The Bertz CT molecular complexity index is 392. The van der Waals surface area contributed by atoms with Crippen LogP contribution in [0.1, 0.15) is 31.4 Å². The summed E-state index contributed by atoms with van der Waals surface area (Å²) in [5.74, 6) is 1.11. The fourth-order valence-corrected chi connectivity index (χ4v) is 2.50. The van der Waals surface area contributed by atoms with Crippen LogP contribution in [0, 0.1) is 5.92 Å². The van der Waals surface area contributed by atoms with Crippen molar-refractivity contribution in [2.75, 3.05) is 6.54 Å². The Morgan fingerprint density at radius 3 is 2.94 bits per heavy atom. The molecule has 0 bridgehead atoms. The summed E-state index contributed by atoms with van der Waals surface area (Å²) in [6.45, 7) is 0.505. The molecule has 1 saturated carbocycles. The van der Waals surface area contributed by atoms with Crippen LogP contribution in [0.2, 0.25) is 0 Å². The molecule has 1 fully saturated rings. The number of nitrogens with two attached hydrogens (primary N) is 1. The second kappa shape index (κ2) is 6.40. The number of carbonyl (C=O) groups is 1. The van der Waals surface area contributed by atoms with E-state index in [4.69, 9.17) is 10.2 Å². The smallest absolute Gasteiger partial charge is 0.244 e. The zero-order valence-electron chi connectivity index (χ0n) is 10.5. The predicted octanol–water partition coefficient (Wildman–Crippen LogP) is 1.93. The molecule has 1 heterocycles. The highest BCUT2D eigenvalue weighted by Gasteiger charge is 2.24. The first-order chi connectivity index (χ1) is 8.79. The highest BCUT2D eigenvalue weighted by Crippen LogP contribution is 2.27. The minimum atomic E-state index is -0.103. The third kappa shape index (κ3) is 3.47. The first-order valence-corrected chi connectivity index (χ1v) is 6.51. The number of hydrogen-bond acceptors (Lipinski definition) is 3. The van der Waals surface area contributed by atoms with Crippen molar-refractivity contribution in [2.45, 2.75) is 31.7 Å². The average Bonchev–Trinajstić information content (AvgIpc) is 3.05. The van der Waals surface area contributed by atoms with Crippen molar-refractivity contribution in [3.8, 4) is 0 Å². The van der Waals surface area contributed by atoms with E-state index in [0.717, 1.165) is 0 Å². The molecule has 0 aromatic carbocycles. The van der Waals surface area contributed by atoms with Crippen LogP contribution in [0.3, 0.4) is 0 Å². The molecule has 4 nitrogen and oxygen atoms in total. The molecule has 1 aromatic rings. The molecule has 1 aliphatic rings. The lowest BCUT2D eigenvalue weighted by Crippen LogP contribution is -2.43. The van der Waals surface area contributed by atoms with Gasteiger partial charge in [-0.1, -0.05) is 12.8 Å². The fraction of sp³-hybridized carbons (Fsp3) is 0.500. The van der Waals surface area contributed by atoms with Gasteiger partial charge in [-0.05, 0) is 37.0 Å². The van der Waals surface area contributed by atoms with Crippen molar-refractivity contribution in [1.82, 2.24) is 5.32 Å². The molecule has 98 valence electrons. The molecule has 2 rings (SSSR count). The molecule has 1 aromatic heterocycles. The van der Waals surface area contributed by atoms with Crippen LogP contribution in [0.15, 0.2) is 28.9 Å². The van der Waals surface area contributed by atoms with Gasteiger partial charge in [0.2, 0.25) is 5.91 Å². The maximum atomic E-state index is 11.8. The van der Waals surface area contributed by atoms with Crippen molar-refractivity contribution in [3.63, 3.8) is 0 Å². The van der Waals surface area contributed by atoms with Gasteiger partial charge in [0, 0.05) is 18.7 Å². The molecule has 0 radical (unpaired) electrons. The van der Waals surface area contributed by atoms with E-state index in [2.05, 4.69) is 5.32 Å². The van der Waals surface area contributed by atoms with E-state index in [1.54, 1.807) is 24.5 Å². The number of amides is 1. The standard InChI is InChI=1S/C14H20N2O2/c15-10-13(11-4-1-2-5-11)16-14(17)8-7-12-6-3-9-18-12/h3,6-9,11,13H,1-2,4-5,10,15H2,(H,16,17)/b8-7+. The minimum Gasteiger partial charge on any atom is -0.465 e. The average molecular weight is 248 g/mol. The third-order valence-electron chi connectivity index (χ3n) is 3.49. The fourth-order valence-electron chi connectivity index (χ4n) is 2.50. The molecule has 4 heteroatoms. The molecule has 18 heavy (non-hydrogen) atoms. The SMILES string of the molecule is NCC(NC(=O)/C=C/c1ccco1)C1CCCC1. The summed E-state index contributed by atoms with van der Waals surface area (Å²) >= 11 is 0. The van der Waals surface area contributed by atoms with Crippen LogP contribution in [0.25, 0.3) is 6.08 Å². The minimum absolute atomic E-state index is 0.0984. The third-order valence-corrected chi connectivity index (χ3v) is 3.49. The van der Waals surface area contributed by atoms with Crippen LogP contribution in [-0.2, 0) is 4.79 Å². The van der Waals surface area contributed by atoms with Gasteiger partial charge in [0.1, 0.15) is 5.76 Å². The Morgan fingerprint density at radius 2 is 2.33 bits per heavy atom. The number of furan rings is 1. The summed E-state index contributed by atoms with van der Waals surface area (Å²) in [7, 11) is 0. The number of hydrogen-bond donors (Lipinski definition) is 2. The maximum Gasteiger partial charge on any atom is 0.244 e. The Kier molecular flexibility index (Phi) is 4.59. The van der Waals surface area contributed by atoms with Gasteiger partial charge < -0.3 is 15.5 Å². The molecular weight excluding hydrogens is 228 g/mol. The lowest BCUT2D eigenvalue weighted by atomic mass is 9.98. The first-order valence-electron chi connectivity index (χ1n) is 6.51. The molecule has 1 amide bonds. The quantitative estimate of drug-likeness (QED) is 0.782. The summed E-state index contributed by atoms with van der Waals surface area (Å²) in [5.41, 5.74) is 5.73. The van der Waals surface area contributed by atoms with Gasteiger partial charge in [0.25, 0.3) is 0 Å². The van der Waals surface area contributed by atoms with E-state index in [-0.39, 0.29) is 11.9 Å². The maximum absolute atomic E-state index is 11.8. The van der Waals surface area contributed by atoms with E-state index in [0.29, 0.717) is 18.2 Å². The van der Waals surface area contributed by atoms with E-state index >= 15 is 0 Å². The highest BCUT2D eigenvalue weighted by atomic mass is 16.3. The van der Waals surface area contributed by atoms with Crippen molar-refractivity contribution in [1.29, 1.82) is 0 Å². The normalized spacial score (nSPS) is 18.3. The topological polar surface area (TPSA) is 68.3 Å². The first kappa shape index (κ1) is 12.9. The summed E-state index contributed by atoms with van der Waals surface area (Å²) < 4.78 is 5.12. The van der Waals surface area contributed by atoms with Crippen LogP contribution >= 0.6 is 0 Å². The van der Waals surface area contributed by atoms with Crippen LogP contribution in [0.5, 0.6) is 0 Å².